The lowest BCUT2D eigenvalue weighted by Gasteiger charge is -2.19. The monoisotopic (exact) mass is 498 g/mol. The maximum Gasteiger partial charge on any atom is 0.416 e. The van der Waals surface area contributed by atoms with Gasteiger partial charge >= 0.3 is 12.1 Å². The van der Waals surface area contributed by atoms with E-state index >= 15 is 0 Å². The first-order valence-corrected chi connectivity index (χ1v) is 10.9. The quantitative estimate of drug-likeness (QED) is 0.511. The van der Waals surface area contributed by atoms with Crippen LogP contribution >= 0.6 is 0 Å². The highest BCUT2D eigenvalue weighted by atomic mass is 19.4. The number of ether oxygens (including phenoxy) is 1. The largest absolute Gasteiger partial charge is 0.506 e. The first kappa shape index (κ1) is 23.5. The summed E-state index contributed by atoms with van der Waals surface area (Å²) in [6, 6.07) is 8.26. The fourth-order valence-corrected chi connectivity index (χ4v) is 4.83. The molecule has 2 amide bonds. The number of allylic oxidation sites excluding steroid dienone is 1. The number of hydrogen-bond donors (Lipinski definition) is 1. The van der Waals surface area contributed by atoms with E-state index in [9.17, 15) is 37.5 Å². The Hall–Kier alpha value is -4.28. The van der Waals surface area contributed by atoms with E-state index in [-0.39, 0.29) is 34.7 Å². The van der Waals surface area contributed by atoms with Crippen molar-refractivity contribution in [1.82, 2.24) is 0 Å². The van der Waals surface area contributed by atoms with Crippen LogP contribution in [0.1, 0.15) is 28.4 Å². The van der Waals surface area contributed by atoms with Gasteiger partial charge in [-0.2, -0.15) is 13.2 Å². The van der Waals surface area contributed by atoms with Crippen LogP contribution in [-0.4, -0.2) is 47.0 Å². The van der Waals surface area contributed by atoms with Crippen LogP contribution in [0.25, 0.3) is 5.76 Å². The minimum absolute atomic E-state index is 0.0601. The molecular formula is C25H17F3N2O6. The van der Waals surface area contributed by atoms with E-state index in [2.05, 4.69) is 4.99 Å². The molecule has 0 bridgehead atoms. The summed E-state index contributed by atoms with van der Waals surface area (Å²) in [6.07, 6.45) is -4.73. The molecular weight excluding hydrogens is 481 g/mol. The molecule has 3 aliphatic rings. The number of carbonyl (C=O) groups is 4. The average Bonchev–Trinajstić information content (AvgIpc) is 3.43. The molecule has 1 fully saturated rings. The fourth-order valence-electron chi connectivity index (χ4n) is 4.83. The van der Waals surface area contributed by atoms with E-state index in [0.717, 1.165) is 18.2 Å². The Morgan fingerprint density at radius 3 is 2.39 bits per heavy atom. The maximum absolute atomic E-state index is 13.5. The molecule has 0 unspecified atom stereocenters. The molecule has 0 radical (unpaired) electrons. The van der Waals surface area contributed by atoms with Gasteiger partial charge < -0.3 is 9.84 Å². The van der Waals surface area contributed by atoms with Crippen molar-refractivity contribution in [2.45, 2.75) is 19.1 Å². The highest BCUT2D eigenvalue weighted by Gasteiger charge is 2.61. The number of fused-ring (bicyclic) bond motifs is 2. The third-order valence-electron chi connectivity index (χ3n) is 6.37. The molecule has 2 aromatic rings. The van der Waals surface area contributed by atoms with E-state index in [1.807, 2.05) is 0 Å². The summed E-state index contributed by atoms with van der Waals surface area (Å²) >= 11 is 0. The van der Waals surface area contributed by atoms with Crippen LogP contribution in [0.4, 0.5) is 18.9 Å². The number of halogens is 3. The van der Waals surface area contributed by atoms with Gasteiger partial charge in [0.2, 0.25) is 11.8 Å². The lowest BCUT2D eigenvalue weighted by atomic mass is 9.85. The third kappa shape index (κ3) is 3.34. The van der Waals surface area contributed by atoms with Gasteiger partial charge in [-0.1, -0.05) is 30.3 Å². The van der Waals surface area contributed by atoms with Gasteiger partial charge in [-0.25, -0.2) is 9.69 Å². The number of aliphatic imine (C=N–C) groups is 1. The van der Waals surface area contributed by atoms with Crippen LogP contribution in [0.15, 0.2) is 59.1 Å². The number of amides is 2. The normalized spacial score (nSPS) is 23.2. The number of aliphatic hydroxyl groups is 1. The number of alkyl halides is 3. The predicted octanol–water partition coefficient (Wildman–Crippen LogP) is 3.36. The number of ketones is 1. The third-order valence-corrected chi connectivity index (χ3v) is 6.37. The van der Waals surface area contributed by atoms with Crippen LogP contribution < -0.4 is 4.90 Å². The molecule has 0 spiro atoms. The summed E-state index contributed by atoms with van der Waals surface area (Å²) in [6.45, 7) is 1.46. The van der Waals surface area contributed by atoms with E-state index in [0.29, 0.717) is 11.0 Å². The fraction of sp³-hybridized carbons (Fsp3) is 0.240. The zero-order chi connectivity index (χ0) is 25.9. The molecule has 8 nitrogen and oxygen atoms in total. The number of carbonyl (C=O) groups excluding carboxylic acids is 4. The van der Waals surface area contributed by atoms with Crippen molar-refractivity contribution in [2.75, 3.05) is 11.5 Å². The highest BCUT2D eigenvalue weighted by molar-refractivity contribution is 6.42. The van der Waals surface area contributed by atoms with Gasteiger partial charge in [0, 0.05) is 11.1 Å². The van der Waals surface area contributed by atoms with Crippen LogP contribution in [0.2, 0.25) is 0 Å². The van der Waals surface area contributed by atoms with Crippen molar-refractivity contribution in [3.05, 3.63) is 70.8 Å². The van der Waals surface area contributed by atoms with Crippen molar-refractivity contribution >= 4 is 40.7 Å². The molecule has 11 heteroatoms. The summed E-state index contributed by atoms with van der Waals surface area (Å²) < 4.78 is 44.8. The highest BCUT2D eigenvalue weighted by Crippen LogP contribution is 2.45. The maximum atomic E-state index is 13.5. The number of benzene rings is 2. The molecule has 5 rings (SSSR count). The topological polar surface area (TPSA) is 113 Å². The van der Waals surface area contributed by atoms with E-state index < -0.39 is 58.9 Å². The Balaban J connectivity index is 1.62. The van der Waals surface area contributed by atoms with Gasteiger partial charge in [0.25, 0.3) is 0 Å². The van der Waals surface area contributed by atoms with Gasteiger partial charge in [0.05, 0.1) is 41.0 Å². The lowest BCUT2D eigenvalue weighted by Crippen LogP contribution is -2.36. The molecule has 2 aliphatic heterocycles. The molecule has 3 atom stereocenters. The SMILES string of the molecule is CCOC(=O)[C@@H]1N=C(C2=C(O)c3ccccc3C2=O)[C@@H]2C(=O)N(c3cccc(C(F)(F)F)c3)C(=O)[C@@H]21. The van der Waals surface area contributed by atoms with Crippen molar-refractivity contribution in [3.8, 4) is 0 Å². The second kappa shape index (κ2) is 8.14. The Labute approximate surface area is 201 Å². The van der Waals surface area contributed by atoms with Crippen LogP contribution in [0, 0.1) is 11.8 Å². The number of rotatable bonds is 4. The smallest absolute Gasteiger partial charge is 0.416 e. The van der Waals surface area contributed by atoms with E-state index in [1.165, 1.54) is 19.1 Å². The average molecular weight is 498 g/mol. The molecule has 36 heavy (non-hydrogen) atoms. The summed E-state index contributed by atoms with van der Waals surface area (Å²) in [4.78, 5) is 57.5. The standard InChI is InChI=1S/C25H17F3N2O6/c1-2-36-24(35)19-16-15(18(29-19)17-20(31)13-8-3-4-9-14(13)21(17)32)22(33)30(23(16)34)12-7-5-6-11(10-12)25(26,27)28/h3-10,15-16,19,31H,2H2,1H3/t15-,16+,19-/m1/s1. The summed E-state index contributed by atoms with van der Waals surface area (Å²) in [5.74, 6) is -6.88. The number of aliphatic hydroxyl groups excluding tert-OH is 1. The zero-order valence-corrected chi connectivity index (χ0v) is 18.6. The molecule has 2 heterocycles. The van der Waals surface area contributed by atoms with Crippen LogP contribution in [0.5, 0.6) is 0 Å². The van der Waals surface area contributed by atoms with E-state index in [4.69, 9.17) is 4.74 Å². The minimum Gasteiger partial charge on any atom is -0.506 e. The molecule has 2 aromatic carbocycles. The van der Waals surface area contributed by atoms with Gasteiger partial charge in [-0.3, -0.25) is 19.4 Å². The summed E-state index contributed by atoms with van der Waals surface area (Å²) in [7, 11) is 0. The summed E-state index contributed by atoms with van der Waals surface area (Å²) in [5.41, 5.74) is -1.67. The second-order valence-corrected chi connectivity index (χ2v) is 8.37. The Kier molecular flexibility index (Phi) is 5.31. The second-order valence-electron chi connectivity index (χ2n) is 8.37. The van der Waals surface area contributed by atoms with E-state index in [1.54, 1.807) is 12.1 Å². The lowest BCUT2D eigenvalue weighted by molar-refractivity contribution is -0.147. The summed E-state index contributed by atoms with van der Waals surface area (Å²) in [5, 5.41) is 10.8. The van der Waals surface area contributed by atoms with Crippen molar-refractivity contribution in [3.63, 3.8) is 0 Å². The van der Waals surface area contributed by atoms with Crippen LogP contribution in [-0.2, 0) is 25.3 Å². The molecule has 1 saturated heterocycles. The van der Waals surface area contributed by atoms with Crippen molar-refractivity contribution in [2.24, 2.45) is 16.8 Å². The number of nitrogens with zero attached hydrogens (tertiary/aromatic N) is 2. The Morgan fingerprint density at radius 1 is 1.06 bits per heavy atom. The van der Waals surface area contributed by atoms with Gasteiger partial charge in [0.15, 0.2) is 11.8 Å². The molecule has 1 aliphatic carbocycles. The molecule has 0 aromatic heterocycles. The van der Waals surface area contributed by atoms with Crippen molar-refractivity contribution in [1.29, 1.82) is 0 Å². The Bertz CT molecular complexity index is 1410. The predicted molar refractivity (Wildman–Crippen MR) is 119 cm³/mol. The number of anilines is 1. The Morgan fingerprint density at radius 2 is 1.75 bits per heavy atom. The number of hydrogen-bond acceptors (Lipinski definition) is 7. The number of imide groups is 1. The first-order chi connectivity index (χ1) is 17.1. The molecule has 0 saturated carbocycles. The van der Waals surface area contributed by atoms with Crippen molar-refractivity contribution < 1.29 is 42.2 Å². The van der Waals surface area contributed by atoms with Gasteiger partial charge in [-0.05, 0) is 25.1 Å². The first-order valence-electron chi connectivity index (χ1n) is 10.9. The zero-order valence-electron chi connectivity index (χ0n) is 18.6. The van der Waals surface area contributed by atoms with Gasteiger partial charge in [-0.15, -0.1) is 0 Å². The van der Waals surface area contributed by atoms with Gasteiger partial charge in [0.1, 0.15) is 5.76 Å². The number of esters is 1. The molecule has 184 valence electrons. The number of Topliss-reactive ketones (excluding diaryl/α,β-unsaturated/α-hetero) is 1. The minimum atomic E-state index is -4.73. The van der Waals surface area contributed by atoms with Crippen LogP contribution in [0.3, 0.4) is 0 Å². The molecule has 1 N–H and O–H groups in total.